The van der Waals surface area contributed by atoms with Crippen molar-refractivity contribution in [3.05, 3.63) is 272 Å². The van der Waals surface area contributed by atoms with E-state index in [1.807, 2.05) is 13.2 Å². The maximum absolute atomic E-state index is 6.27. The van der Waals surface area contributed by atoms with Gasteiger partial charge in [-0.15, -0.1) is 0 Å². The highest BCUT2D eigenvalue weighted by atomic mass is 16.3. The summed E-state index contributed by atoms with van der Waals surface area (Å²) < 4.78 is 6.27. The van der Waals surface area contributed by atoms with Crippen molar-refractivity contribution < 1.29 is 4.42 Å². The van der Waals surface area contributed by atoms with Crippen LogP contribution in [0.3, 0.4) is 0 Å². The monoisotopic (exact) mass is 1120 g/mol. The van der Waals surface area contributed by atoms with Crippen LogP contribution in [0.25, 0.3) is 39.3 Å². The fraction of sp³-hybridized carbons (Fsp3) is 0.210. The number of nitrogens with zero attached hydrogens (tertiary/aromatic N) is 3. The second-order valence-corrected chi connectivity index (χ2v) is 27.1. The molecule has 0 radical (unpaired) electrons. The van der Waals surface area contributed by atoms with Crippen molar-refractivity contribution >= 4 is 91.3 Å². The number of anilines is 9. The van der Waals surface area contributed by atoms with Gasteiger partial charge in [-0.1, -0.05) is 248 Å². The third-order valence-electron chi connectivity index (χ3n) is 17.0. The van der Waals surface area contributed by atoms with Gasteiger partial charge in [-0.3, -0.25) is 0 Å². The Morgan fingerprint density at radius 2 is 1.01 bits per heavy atom. The molecule has 0 saturated heterocycles. The fourth-order valence-electron chi connectivity index (χ4n) is 12.3. The quantitative estimate of drug-likeness (QED) is 0.101. The molecule has 0 unspecified atom stereocenters. The minimum atomic E-state index is -0.195. The van der Waals surface area contributed by atoms with E-state index in [1.165, 1.54) is 61.3 Å². The molecular weight excluding hydrogens is 1040 g/mol. The summed E-state index contributed by atoms with van der Waals surface area (Å²) in [6, 6.07) is 73.6. The van der Waals surface area contributed by atoms with Crippen molar-refractivity contribution in [2.24, 2.45) is 0 Å². The zero-order chi connectivity index (χ0) is 60.9. The van der Waals surface area contributed by atoms with E-state index in [2.05, 4.69) is 329 Å². The largest absolute Gasteiger partial charge is 0.464 e. The Morgan fingerprint density at radius 3 is 1.65 bits per heavy atom. The summed E-state index contributed by atoms with van der Waals surface area (Å²) in [5.41, 5.74) is 25.5. The Kier molecular flexibility index (Phi) is 15.8. The smallest absolute Gasteiger partial charge is 0.252 e. The summed E-state index contributed by atoms with van der Waals surface area (Å²) in [7, 11) is 0. The molecule has 2 aliphatic rings. The number of para-hydroxylation sites is 1. The molecule has 0 atom stereocenters. The highest BCUT2D eigenvalue weighted by Gasteiger charge is 2.45. The molecule has 430 valence electrons. The van der Waals surface area contributed by atoms with Gasteiger partial charge in [0.15, 0.2) is 0 Å². The van der Waals surface area contributed by atoms with Crippen molar-refractivity contribution in [3.8, 4) is 22.3 Å². The summed E-state index contributed by atoms with van der Waals surface area (Å²) in [6.07, 6.45) is 13.5. The number of fused-ring (bicyclic) bond motifs is 5. The van der Waals surface area contributed by atoms with Crippen molar-refractivity contribution in [1.29, 1.82) is 0 Å². The van der Waals surface area contributed by atoms with E-state index in [-0.39, 0.29) is 28.4 Å². The summed E-state index contributed by atoms with van der Waals surface area (Å²) in [5, 5.41) is 1.10. The van der Waals surface area contributed by atoms with Crippen LogP contribution in [0.1, 0.15) is 118 Å². The molecule has 0 amide bonds. The Hall–Kier alpha value is -9.06. The Bertz CT molecular complexity index is 4200. The molecule has 0 aliphatic carbocycles. The number of benzene rings is 9. The predicted molar refractivity (Wildman–Crippen MR) is 375 cm³/mol. The highest BCUT2D eigenvalue weighted by Crippen LogP contribution is 2.50. The molecule has 10 aromatic rings. The first-order valence-electron chi connectivity index (χ1n) is 30.4. The first-order chi connectivity index (χ1) is 41.1. The van der Waals surface area contributed by atoms with E-state index < -0.39 is 0 Å². The van der Waals surface area contributed by atoms with Gasteiger partial charge in [0, 0.05) is 62.0 Å². The molecule has 3 heterocycles. The lowest BCUT2D eigenvalue weighted by atomic mass is 9.33. The lowest BCUT2D eigenvalue weighted by Crippen LogP contribution is -2.61. The van der Waals surface area contributed by atoms with E-state index in [0.29, 0.717) is 0 Å². The van der Waals surface area contributed by atoms with E-state index in [0.717, 1.165) is 67.3 Å². The molecule has 86 heavy (non-hydrogen) atoms. The van der Waals surface area contributed by atoms with Crippen LogP contribution in [0.4, 0.5) is 51.2 Å². The summed E-state index contributed by atoms with van der Waals surface area (Å²) in [6.45, 7) is 36.5. The van der Waals surface area contributed by atoms with E-state index in [1.54, 1.807) is 12.2 Å². The van der Waals surface area contributed by atoms with Crippen LogP contribution in [-0.2, 0) is 21.7 Å². The number of hydrogen-bond acceptors (Lipinski definition) is 4. The van der Waals surface area contributed by atoms with Crippen LogP contribution >= 0.6 is 0 Å². The maximum atomic E-state index is 6.27. The molecule has 0 N–H and O–H groups in total. The molecule has 12 rings (SSSR count). The predicted octanol–water partition coefficient (Wildman–Crippen LogP) is 21.5. The molecule has 0 bridgehead atoms. The third kappa shape index (κ3) is 11.2. The van der Waals surface area contributed by atoms with Crippen molar-refractivity contribution in [1.82, 2.24) is 0 Å². The summed E-state index contributed by atoms with van der Waals surface area (Å²) in [5.74, 6) is 0. The average Bonchev–Trinajstić information content (AvgIpc) is 0.783. The second-order valence-electron chi connectivity index (χ2n) is 27.1. The molecular formula is C81H82BN3O. The molecule has 2 aliphatic heterocycles. The van der Waals surface area contributed by atoms with Gasteiger partial charge in [0.1, 0.15) is 5.58 Å². The first-order valence-corrected chi connectivity index (χ1v) is 30.4. The molecule has 1 aromatic heterocycles. The minimum absolute atomic E-state index is 0.00722. The zero-order valence-corrected chi connectivity index (χ0v) is 52.8. The van der Waals surface area contributed by atoms with E-state index >= 15 is 0 Å². The van der Waals surface area contributed by atoms with Gasteiger partial charge < -0.3 is 19.1 Å². The minimum Gasteiger partial charge on any atom is -0.464 e. The van der Waals surface area contributed by atoms with Crippen molar-refractivity contribution in [2.75, 3.05) is 14.7 Å². The topological polar surface area (TPSA) is 22.9 Å². The van der Waals surface area contributed by atoms with Gasteiger partial charge in [0.25, 0.3) is 6.71 Å². The lowest BCUT2D eigenvalue weighted by molar-refractivity contribution is 0.589. The number of rotatable bonds is 10. The first kappa shape index (κ1) is 58.7. The summed E-state index contributed by atoms with van der Waals surface area (Å²) in [4.78, 5) is 7.64. The average molecular weight is 1120 g/mol. The maximum Gasteiger partial charge on any atom is 0.252 e. The van der Waals surface area contributed by atoms with E-state index in [4.69, 9.17) is 4.42 Å². The Morgan fingerprint density at radius 1 is 0.442 bits per heavy atom. The van der Waals surface area contributed by atoms with Crippen LogP contribution in [-0.4, -0.2) is 6.71 Å². The SMILES string of the molecule is C/C=C\C=C/c1coc2cccc(-c3cccc(N4c5cc(N(c6ccc(C(C)(C)C)cc6)c6ccccc6-c6ccccc6)ccc5B5c6cc(C(C)(C)C)ccc6N(c6ccc(C(C)(C)C)cc6)c6cc(C(C)(C)C)cc4c65)c3)c12.C=CC=C. The van der Waals surface area contributed by atoms with Crippen LogP contribution in [0.2, 0.25) is 0 Å². The molecule has 0 fully saturated rings. The zero-order valence-electron chi connectivity index (χ0n) is 52.8. The Balaban J connectivity index is 0.00000186. The van der Waals surface area contributed by atoms with Gasteiger partial charge in [-0.05, 0) is 163 Å². The standard InChI is InChI=1S/C77H76BN3O.C4H6/c1-14-15-17-26-53-50-82-71-32-23-30-63(72(53)71)52-27-22-28-60(45-52)81-68-49-61(79(58-38-33-54(34-39-58)74(2,3)4)66-31-21-20-29-62(66)51-24-18-16-19-25-51)42-43-64(68)78-65-46-56(76(8,9)10)37-44-67(65)80(59-40-35-55(36-41-59)75(5,6)7)69-47-57(77(11,12)13)48-70(81)73(69)78;1-3-4-2/h14-50H,1-13H3;3-4H,1-2H2/b15-14-,26-17-;. The van der Waals surface area contributed by atoms with Crippen molar-refractivity contribution in [3.63, 3.8) is 0 Å². The third-order valence-corrected chi connectivity index (χ3v) is 17.0. The summed E-state index contributed by atoms with van der Waals surface area (Å²) >= 11 is 0. The van der Waals surface area contributed by atoms with Gasteiger partial charge >= 0.3 is 0 Å². The number of furan rings is 1. The lowest BCUT2D eigenvalue weighted by Gasteiger charge is -2.45. The Labute approximate surface area is 513 Å². The highest BCUT2D eigenvalue weighted by molar-refractivity contribution is 7.00. The number of allylic oxidation sites excluding steroid dienone is 5. The normalized spacial score (nSPS) is 13.1. The van der Waals surface area contributed by atoms with Crippen LogP contribution < -0.4 is 31.1 Å². The molecule has 9 aromatic carbocycles. The molecule has 5 heteroatoms. The molecule has 0 saturated carbocycles. The molecule has 0 spiro atoms. The van der Waals surface area contributed by atoms with Crippen LogP contribution in [0, 0.1) is 0 Å². The number of hydrogen-bond donors (Lipinski definition) is 0. The van der Waals surface area contributed by atoms with Gasteiger partial charge in [-0.25, -0.2) is 0 Å². The van der Waals surface area contributed by atoms with Gasteiger partial charge in [0.2, 0.25) is 0 Å². The second kappa shape index (κ2) is 23.1. The van der Waals surface area contributed by atoms with Gasteiger partial charge in [0.05, 0.1) is 12.0 Å². The van der Waals surface area contributed by atoms with E-state index in [9.17, 15) is 0 Å². The van der Waals surface area contributed by atoms with Crippen LogP contribution in [0.15, 0.2) is 248 Å². The molecule has 4 nitrogen and oxygen atoms in total. The van der Waals surface area contributed by atoms with Gasteiger partial charge in [-0.2, -0.15) is 0 Å². The fourth-order valence-corrected chi connectivity index (χ4v) is 12.3. The van der Waals surface area contributed by atoms with Crippen molar-refractivity contribution in [2.45, 2.75) is 112 Å². The van der Waals surface area contributed by atoms with Crippen LogP contribution in [0.5, 0.6) is 0 Å².